The van der Waals surface area contributed by atoms with Crippen molar-refractivity contribution in [2.75, 3.05) is 12.0 Å². The van der Waals surface area contributed by atoms with Gasteiger partial charge >= 0.3 is 11.9 Å². The number of carboxylic acid groups (broad SMARTS) is 1. The minimum Gasteiger partial charge on any atom is -0.507 e. The molecule has 0 radical (unpaired) electrons. The van der Waals surface area contributed by atoms with Gasteiger partial charge in [0.05, 0.1) is 35.3 Å². The van der Waals surface area contributed by atoms with Crippen molar-refractivity contribution >= 4 is 52.0 Å². The Morgan fingerprint density at radius 2 is 1.67 bits per heavy atom. The van der Waals surface area contributed by atoms with E-state index in [4.69, 9.17) is 16.3 Å². The lowest BCUT2D eigenvalue weighted by Crippen LogP contribution is -2.30. The van der Waals surface area contributed by atoms with Gasteiger partial charge in [-0.15, -0.1) is 0 Å². The normalized spacial score (nSPS) is 17.1. The molecule has 1 saturated heterocycles. The van der Waals surface area contributed by atoms with E-state index in [0.717, 1.165) is 4.90 Å². The highest BCUT2D eigenvalue weighted by atomic mass is 35.5. The number of aliphatic hydroxyl groups excluding tert-OH is 1. The van der Waals surface area contributed by atoms with E-state index < -0.39 is 23.7 Å². The number of aromatic amines is 1. The SMILES string of the molecule is COc1ccc(C2/C(=C(\O)c3ccc(Cl)cc3)C(=O)C(=O)N2c2nc3ccc(C(=O)O)cc3[nH]2)cc1. The maximum absolute atomic E-state index is 13.3. The van der Waals surface area contributed by atoms with Gasteiger partial charge in [0.15, 0.2) is 0 Å². The molecule has 1 atom stereocenters. The van der Waals surface area contributed by atoms with Crippen molar-refractivity contribution in [2.45, 2.75) is 6.04 Å². The Balaban J connectivity index is 1.70. The fraction of sp³-hybridized carbons (Fsp3) is 0.0769. The number of hydrogen-bond acceptors (Lipinski definition) is 6. The van der Waals surface area contributed by atoms with Crippen molar-refractivity contribution in [3.8, 4) is 5.75 Å². The molecule has 0 spiro atoms. The fourth-order valence-corrected chi connectivity index (χ4v) is 4.29. The zero-order chi connectivity index (χ0) is 25.6. The average molecular weight is 504 g/mol. The van der Waals surface area contributed by atoms with Crippen LogP contribution in [0.4, 0.5) is 5.95 Å². The van der Waals surface area contributed by atoms with Crippen molar-refractivity contribution in [2.24, 2.45) is 0 Å². The number of amides is 1. The van der Waals surface area contributed by atoms with Crippen LogP contribution in [0.5, 0.6) is 5.75 Å². The molecular weight excluding hydrogens is 486 g/mol. The number of methoxy groups -OCH3 is 1. The van der Waals surface area contributed by atoms with Crippen LogP contribution in [0.3, 0.4) is 0 Å². The van der Waals surface area contributed by atoms with Crippen molar-refractivity contribution in [1.82, 2.24) is 9.97 Å². The average Bonchev–Trinajstić information content (AvgIpc) is 3.41. The number of H-pyrrole nitrogens is 1. The summed E-state index contributed by atoms with van der Waals surface area (Å²) in [6.45, 7) is 0. The van der Waals surface area contributed by atoms with Gasteiger partial charge in [0, 0.05) is 10.6 Å². The van der Waals surface area contributed by atoms with Crippen LogP contribution in [0, 0.1) is 0 Å². The minimum absolute atomic E-state index is 0.0330. The Hall–Kier alpha value is -4.63. The number of ether oxygens (including phenoxy) is 1. The van der Waals surface area contributed by atoms with Gasteiger partial charge in [-0.3, -0.25) is 14.5 Å². The monoisotopic (exact) mass is 503 g/mol. The summed E-state index contributed by atoms with van der Waals surface area (Å²) >= 11 is 5.97. The molecule has 1 aromatic heterocycles. The third-order valence-corrected chi connectivity index (χ3v) is 6.19. The van der Waals surface area contributed by atoms with Gasteiger partial charge in [-0.1, -0.05) is 23.7 Å². The van der Waals surface area contributed by atoms with E-state index in [2.05, 4.69) is 9.97 Å². The number of rotatable bonds is 5. The number of aliphatic hydroxyl groups is 1. The Morgan fingerprint density at radius 3 is 2.31 bits per heavy atom. The summed E-state index contributed by atoms with van der Waals surface area (Å²) in [6, 6.07) is 16.2. The van der Waals surface area contributed by atoms with Gasteiger partial charge in [0.2, 0.25) is 5.95 Å². The van der Waals surface area contributed by atoms with Gasteiger partial charge in [-0.05, 0) is 60.2 Å². The highest BCUT2D eigenvalue weighted by Crippen LogP contribution is 2.42. The molecule has 1 amide bonds. The molecule has 0 aliphatic carbocycles. The van der Waals surface area contributed by atoms with E-state index in [9.17, 15) is 24.6 Å². The van der Waals surface area contributed by atoms with Crippen LogP contribution in [-0.4, -0.2) is 45.0 Å². The number of nitrogens with one attached hydrogen (secondary N) is 1. The summed E-state index contributed by atoms with van der Waals surface area (Å²) in [5, 5.41) is 20.9. The van der Waals surface area contributed by atoms with E-state index in [-0.39, 0.29) is 22.8 Å². The molecule has 36 heavy (non-hydrogen) atoms. The number of carbonyl (C=O) groups is 3. The standard InChI is InChI=1S/C26H18ClN3O6/c1-36-17-9-4-13(5-10-17)21-20(22(31)14-2-7-16(27)8-3-14)23(32)24(33)30(21)26-28-18-11-6-15(25(34)35)12-19(18)29-26/h2-12,21,31H,1H3,(H,28,29)(H,34,35)/b22-20+. The smallest absolute Gasteiger partial charge is 0.335 e. The number of carboxylic acids is 1. The molecule has 10 heteroatoms. The van der Waals surface area contributed by atoms with Crippen LogP contribution in [0.25, 0.3) is 16.8 Å². The molecule has 1 aliphatic heterocycles. The van der Waals surface area contributed by atoms with Crippen LogP contribution in [-0.2, 0) is 9.59 Å². The summed E-state index contributed by atoms with van der Waals surface area (Å²) in [4.78, 5) is 46.5. The number of aromatic carboxylic acids is 1. The quantitative estimate of drug-likeness (QED) is 0.207. The maximum Gasteiger partial charge on any atom is 0.335 e. The summed E-state index contributed by atoms with van der Waals surface area (Å²) in [7, 11) is 1.52. The zero-order valence-corrected chi connectivity index (χ0v) is 19.5. The molecule has 0 saturated carbocycles. The van der Waals surface area contributed by atoms with Crippen LogP contribution in [0.2, 0.25) is 5.02 Å². The summed E-state index contributed by atoms with van der Waals surface area (Å²) in [5.41, 5.74) is 1.53. The van der Waals surface area contributed by atoms with E-state index in [1.54, 1.807) is 48.5 Å². The van der Waals surface area contributed by atoms with Gasteiger partial charge in [-0.25, -0.2) is 9.78 Å². The van der Waals surface area contributed by atoms with E-state index in [0.29, 0.717) is 32.9 Å². The molecular formula is C26H18ClN3O6. The van der Waals surface area contributed by atoms with Crippen molar-refractivity contribution in [3.05, 3.63) is 94.0 Å². The molecule has 3 N–H and O–H groups in total. The second-order valence-corrected chi connectivity index (χ2v) is 8.48. The summed E-state index contributed by atoms with van der Waals surface area (Å²) in [6.07, 6.45) is 0. The predicted octanol–water partition coefficient (Wildman–Crippen LogP) is 4.55. The van der Waals surface area contributed by atoms with Gasteiger partial charge in [0.1, 0.15) is 11.5 Å². The third kappa shape index (κ3) is 3.85. The first-order valence-electron chi connectivity index (χ1n) is 10.7. The fourth-order valence-electron chi connectivity index (χ4n) is 4.16. The molecule has 1 unspecified atom stereocenters. The molecule has 180 valence electrons. The first-order chi connectivity index (χ1) is 17.3. The van der Waals surface area contributed by atoms with Crippen LogP contribution in [0.1, 0.15) is 27.5 Å². The Bertz CT molecular complexity index is 1560. The molecule has 1 aliphatic rings. The number of nitrogens with zero attached hydrogens (tertiary/aromatic N) is 2. The topological polar surface area (TPSA) is 133 Å². The van der Waals surface area contributed by atoms with Crippen molar-refractivity contribution in [3.63, 3.8) is 0 Å². The Kier molecular flexibility index (Phi) is 5.69. The van der Waals surface area contributed by atoms with Gasteiger partial charge in [0.25, 0.3) is 5.78 Å². The maximum atomic E-state index is 13.3. The molecule has 9 nitrogen and oxygen atoms in total. The van der Waals surface area contributed by atoms with E-state index in [1.807, 2.05) is 0 Å². The molecule has 3 aromatic carbocycles. The number of ketones is 1. The van der Waals surface area contributed by atoms with Crippen LogP contribution < -0.4 is 9.64 Å². The lowest BCUT2D eigenvalue weighted by molar-refractivity contribution is -0.132. The second-order valence-electron chi connectivity index (χ2n) is 8.05. The molecule has 1 fully saturated rings. The third-order valence-electron chi connectivity index (χ3n) is 5.94. The lowest BCUT2D eigenvalue weighted by atomic mass is 9.95. The molecule has 2 heterocycles. The summed E-state index contributed by atoms with van der Waals surface area (Å²) in [5.74, 6) is -2.67. The first kappa shape index (κ1) is 23.1. The number of imidazole rings is 1. The lowest BCUT2D eigenvalue weighted by Gasteiger charge is -2.23. The number of carbonyl (C=O) groups excluding carboxylic acids is 2. The number of hydrogen-bond donors (Lipinski definition) is 3. The number of fused-ring (bicyclic) bond motifs is 1. The Labute approximate surface area is 209 Å². The number of halogens is 1. The van der Waals surface area contributed by atoms with Gasteiger partial charge in [-0.2, -0.15) is 0 Å². The molecule has 0 bridgehead atoms. The number of anilines is 1. The predicted molar refractivity (Wildman–Crippen MR) is 132 cm³/mol. The van der Waals surface area contributed by atoms with Crippen molar-refractivity contribution < 1.29 is 29.3 Å². The number of Topliss-reactive ketones (excluding diaryl/α,β-unsaturated/α-hetero) is 1. The van der Waals surface area contributed by atoms with Crippen molar-refractivity contribution in [1.29, 1.82) is 0 Å². The molecule has 4 aromatic rings. The minimum atomic E-state index is -1.12. The summed E-state index contributed by atoms with van der Waals surface area (Å²) < 4.78 is 5.22. The van der Waals surface area contributed by atoms with Crippen LogP contribution >= 0.6 is 11.6 Å². The highest BCUT2D eigenvalue weighted by molar-refractivity contribution is 6.51. The highest BCUT2D eigenvalue weighted by Gasteiger charge is 2.48. The van der Waals surface area contributed by atoms with Crippen LogP contribution in [0.15, 0.2) is 72.3 Å². The van der Waals surface area contributed by atoms with E-state index in [1.165, 1.54) is 25.3 Å². The zero-order valence-electron chi connectivity index (χ0n) is 18.7. The molecule has 5 rings (SSSR count). The first-order valence-corrected chi connectivity index (χ1v) is 11.1. The number of benzene rings is 3. The number of aromatic nitrogens is 2. The Morgan fingerprint density at radius 1 is 1.00 bits per heavy atom. The van der Waals surface area contributed by atoms with E-state index >= 15 is 0 Å². The van der Waals surface area contributed by atoms with Gasteiger partial charge < -0.3 is 19.9 Å². The largest absolute Gasteiger partial charge is 0.507 e. The second kappa shape index (κ2) is 8.86.